The summed E-state index contributed by atoms with van der Waals surface area (Å²) in [4.78, 5) is 14.2. The molecule has 0 saturated heterocycles. The molecule has 1 aromatic heterocycles. The highest BCUT2D eigenvalue weighted by Crippen LogP contribution is 2.39. The molecule has 156 valence electrons. The number of nitrogens with zero attached hydrogens (tertiary/aromatic N) is 1. The Morgan fingerprint density at radius 1 is 1.23 bits per heavy atom. The number of methoxy groups -OCH3 is 1. The Labute approximate surface area is 184 Å². The molecule has 5 nitrogen and oxygen atoms in total. The molecule has 1 aliphatic heterocycles. The first-order valence-corrected chi connectivity index (χ1v) is 10.9. The molecule has 7 heteroatoms. The monoisotopic (exact) mass is 443 g/mol. The van der Waals surface area contributed by atoms with Crippen LogP contribution in [0.3, 0.4) is 0 Å². The molecule has 0 aliphatic carbocycles. The average molecular weight is 444 g/mol. The summed E-state index contributed by atoms with van der Waals surface area (Å²) in [7, 11) is 1.52. The molecular weight excluding hydrogens is 422 g/mol. The molecule has 0 saturated carbocycles. The molecule has 4 rings (SSSR count). The lowest BCUT2D eigenvalue weighted by atomic mass is 10.0. The summed E-state index contributed by atoms with van der Waals surface area (Å²) in [5.41, 5.74) is 3.94. The summed E-state index contributed by atoms with van der Waals surface area (Å²) >= 11 is 7.85. The molecule has 0 fully saturated rings. The smallest absolute Gasteiger partial charge is 0.248 e. The highest BCUT2D eigenvalue weighted by molar-refractivity contribution is 7.07. The topological polar surface area (TPSA) is 48.0 Å². The van der Waals surface area contributed by atoms with E-state index in [9.17, 15) is 4.79 Å². The van der Waals surface area contributed by atoms with Crippen LogP contribution in [-0.2, 0) is 22.7 Å². The van der Waals surface area contributed by atoms with Gasteiger partial charge in [0, 0.05) is 24.2 Å². The third-order valence-electron chi connectivity index (χ3n) is 4.85. The first-order chi connectivity index (χ1) is 14.6. The van der Waals surface area contributed by atoms with E-state index < -0.39 is 0 Å². The van der Waals surface area contributed by atoms with Crippen LogP contribution in [0.25, 0.3) is 11.1 Å². The first kappa shape index (κ1) is 20.7. The summed E-state index contributed by atoms with van der Waals surface area (Å²) in [6.45, 7) is 1.82. The summed E-state index contributed by atoms with van der Waals surface area (Å²) in [6, 6.07) is 13.7. The number of rotatable bonds is 6. The van der Waals surface area contributed by atoms with E-state index in [1.54, 1.807) is 16.2 Å². The van der Waals surface area contributed by atoms with Gasteiger partial charge in [-0.15, -0.1) is 0 Å². The van der Waals surface area contributed by atoms with Crippen LogP contribution < -0.4 is 9.47 Å². The van der Waals surface area contributed by atoms with Crippen molar-refractivity contribution in [2.24, 2.45) is 0 Å². The fourth-order valence-corrected chi connectivity index (χ4v) is 4.23. The Balaban J connectivity index is 1.72. The number of amides is 1. The van der Waals surface area contributed by atoms with E-state index in [-0.39, 0.29) is 12.5 Å². The lowest BCUT2D eigenvalue weighted by Crippen LogP contribution is -2.34. The van der Waals surface area contributed by atoms with E-state index in [0.29, 0.717) is 42.8 Å². The molecule has 0 bridgehead atoms. The van der Waals surface area contributed by atoms with Crippen molar-refractivity contribution in [2.75, 3.05) is 26.9 Å². The van der Waals surface area contributed by atoms with Gasteiger partial charge >= 0.3 is 0 Å². The molecule has 0 unspecified atom stereocenters. The third kappa shape index (κ3) is 4.78. The quantitative estimate of drug-likeness (QED) is 0.537. The van der Waals surface area contributed by atoms with Crippen LogP contribution in [0.15, 0.2) is 53.2 Å². The van der Waals surface area contributed by atoms with Crippen LogP contribution in [0.1, 0.15) is 11.1 Å². The number of hydrogen-bond donors (Lipinski definition) is 0. The van der Waals surface area contributed by atoms with Crippen LogP contribution in [0.2, 0.25) is 5.02 Å². The molecule has 0 spiro atoms. The van der Waals surface area contributed by atoms with Crippen molar-refractivity contribution in [1.29, 1.82) is 0 Å². The fourth-order valence-electron chi connectivity index (χ4n) is 3.39. The van der Waals surface area contributed by atoms with Gasteiger partial charge in [-0.05, 0) is 57.8 Å². The third-order valence-corrected chi connectivity index (χ3v) is 5.82. The molecule has 0 radical (unpaired) electrons. The zero-order chi connectivity index (χ0) is 20.9. The van der Waals surface area contributed by atoms with E-state index >= 15 is 0 Å². The number of fused-ring (bicyclic) bond motifs is 1. The Bertz CT molecular complexity index is 1020. The standard InChI is InChI=1S/C23H22ClNO4S/c1-27-14-22(26)25-6-7-28-23-19(12-25)9-18(17-3-2-4-20(24)10-17)11-21(23)29-13-16-5-8-30-15-16/h2-5,8-11,15H,6-7,12-14H2,1H3. The summed E-state index contributed by atoms with van der Waals surface area (Å²) in [6.07, 6.45) is 0. The van der Waals surface area contributed by atoms with Crippen molar-refractivity contribution in [3.63, 3.8) is 0 Å². The van der Waals surface area contributed by atoms with Crippen molar-refractivity contribution in [3.8, 4) is 22.6 Å². The van der Waals surface area contributed by atoms with Gasteiger partial charge in [-0.25, -0.2) is 0 Å². The number of benzene rings is 2. The maximum atomic E-state index is 12.4. The molecular formula is C23H22ClNO4S. The lowest BCUT2D eigenvalue weighted by Gasteiger charge is -2.20. The second kappa shape index (κ2) is 9.51. The minimum Gasteiger partial charge on any atom is -0.487 e. The Morgan fingerprint density at radius 2 is 2.13 bits per heavy atom. The second-order valence-corrected chi connectivity index (χ2v) is 8.21. The zero-order valence-electron chi connectivity index (χ0n) is 16.6. The maximum absolute atomic E-state index is 12.4. The van der Waals surface area contributed by atoms with Gasteiger partial charge in [0.15, 0.2) is 11.5 Å². The minimum absolute atomic E-state index is 0.0465. The average Bonchev–Trinajstić information content (AvgIpc) is 3.16. The second-order valence-electron chi connectivity index (χ2n) is 6.99. The highest BCUT2D eigenvalue weighted by Gasteiger charge is 2.23. The molecule has 2 aromatic carbocycles. The predicted molar refractivity (Wildman–Crippen MR) is 118 cm³/mol. The van der Waals surface area contributed by atoms with Crippen LogP contribution in [0.5, 0.6) is 11.5 Å². The number of carbonyl (C=O) groups is 1. The Kier molecular flexibility index (Phi) is 6.57. The van der Waals surface area contributed by atoms with Crippen molar-refractivity contribution >= 4 is 28.8 Å². The Hall–Kier alpha value is -2.54. The Morgan fingerprint density at radius 3 is 2.90 bits per heavy atom. The van der Waals surface area contributed by atoms with Crippen LogP contribution in [0.4, 0.5) is 0 Å². The lowest BCUT2D eigenvalue weighted by molar-refractivity contribution is -0.135. The molecule has 30 heavy (non-hydrogen) atoms. The SMILES string of the molecule is COCC(=O)N1CCOc2c(cc(-c3cccc(Cl)c3)cc2OCc2ccsc2)C1. The molecule has 0 atom stereocenters. The van der Waals surface area contributed by atoms with E-state index in [0.717, 1.165) is 22.3 Å². The van der Waals surface area contributed by atoms with Gasteiger partial charge in [-0.2, -0.15) is 11.3 Å². The van der Waals surface area contributed by atoms with Crippen LogP contribution in [-0.4, -0.2) is 37.7 Å². The van der Waals surface area contributed by atoms with Gasteiger partial charge in [0.25, 0.3) is 0 Å². The molecule has 3 aromatic rings. The van der Waals surface area contributed by atoms with E-state index in [1.165, 1.54) is 7.11 Å². The maximum Gasteiger partial charge on any atom is 0.248 e. The van der Waals surface area contributed by atoms with E-state index in [4.69, 9.17) is 25.8 Å². The number of halogens is 1. The largest absolute Gasteiger partial charge is 0.487 e. The summed E-state index contributed by atoms with van der Waals surface area (Å²) < 4.78 is 17.2. The van der Waals surface area contributed by atoms with Crippen LogP contribution >= 0.6 is 22.9 Å². The molecule has 1 aliphatic rings. The van der Waals surface area contributed by atoms with Crippen molar-refractivity contribution < 1.29 is 19.0 Å². The normalized spacial score (nSPS) is 13.3. The summed E-state index contributed by atoms with van der Waals surface area (Å²) in [5.74, 6) is 1.28. The van der Waals surface area contributed by atoms with Gasteiger partial charge in [0.2, 0.25) is 5.91 Å². The first-order valence-electron chi connectivity index (χ1n) is 9.60. The van der Waals surface area contributed by atoms with Gasteiger partial charge in [0.1, 0.15) is 19.8 Å². The number of thiophene rings is 1. The predicted octanol–water partition coefficient (Wildman–Crippen LogP) is 5.01. The number of ether oxygens (including phenoxy) is 3. The van der Waals surface area contributed by atoms with E-state index in [1.807, 2.05) is 47.8 Å². The highest BCUT2D eigenvalue weighted by atomic mass is 35.5. The van der Waals surface area contributed by atoms with Gasteiger partial charge in [0.05, 0.1) is 6.54 Å². The van der Waals surface area contributed by atoms with Crippen molar-refractivity contribution in [1.82, 2.24) is 4.90 Å². The van der Waals surface area contributed by atoms with Gasteiger partial charge in [-0.3, -0.25) is 4.79 Å². The number of carbonyl (C=O) groups excluding carboxylic acids is 1. The fraction of sp³-hybridized carbons (Fsp3) is 0.261. The molecule has 1 amide bonds. The summed E-state index contributed by atoms with van der Waals surface area (Å²) in [5, 5.41) is 4.75. The van der Waals surface area contributed by atoms with Crippen molar-refractivity contribution in [3.05, 3.63) is 69.4 Å². The van der Waals surface area contributed by atoms with Gasteiger partial charge in [-0.1, -0.05) is 23.7 Å². The van der Waals surface area contributed by atoms with E-state index in [2.05, 4.69) is 5.38 Å². The molecule has 2 heterocycles. The zero-order valence-corrected chi connectivity index (χ0v) is 18.2. The van der Waals surface area contributed by atoms with Crippen LogP contribution in [0, 0.1) is 0 Å². The number of hydrogen-bond acceptors (Lipinski definition) is 5. The molecule has 0 N–H and O–H groups in total. The van der Waals surface area contributed by atoms with Gasteiger partial charge < -0.3 is 19.1 Å². The minimum atomic E-state index is -0.0668. The van der Waals surface area contributed by atoms with Crippen molar-refractivity contribution in [2.45, 2.75) is 13.2 Å².